The van der Waals surface area contributed by atoms with Gasteiger partial charge in [-0.3, -0.25) is 4.90 Å². The number of benzene rings is 1. The Morgan fingerprint density at radius 1 is 1.22 bits per heavy atom. The Morgan fingerprint density at radius 2 is 1.89 bits per heavy atom. The SMILES string of the molecule is CC(C)OCCN(C)C(CCN)c1ccccc1. The number of likely N-dealkylation sites (N-methyl/N-ethyl adjacent to an activating group) is 1. The molecule has 0 saturated heterocycles. The number of hydrogen-bond acceptors (Lipinski definition) is 3. The van der Waals surface area contributed by atoms with E-state index in [1.165, 1.54) is 5.56 Å². The molecule has 102 valence electrons. The zero-order valence-electron chi connectivity index (χ0n) is 11.8. The topological polar surface area (TPSA) is 38.5 Å². The average molecular weight is 250 g/mol. The fourth-order valence-corrected chi connectivity index (χ4v) is 2.06. The lowest BCUT2D eigenvalue weighted by Crippen LogP contribution is -2.30. The van der Waals surface area contributed by atoms with E-state index < -0.39 is 0 Å². The minimum absolute atomic E-state index is 0.295. The summed E-state index contributed by atoms with van der Waals surface area (Å²) < 4.78 is 5.60. The van der Waals surface area contributed by atoms with E-state index in [2.05, 4.69) is 50.1 Å². The van der Waals surface area contributed by atoms with E-state index in [-0.39, 0.29) is 0 Å². The van der Waals surface area contributed by atoms with Gasteiger partial charge in [0.25, 0.3) is 0 Å². The summed E-state index contributed by atoms with van der Waals surface area (Å²) in [7, 11) is 2.14. The number of ether oxygens (including phenoxy) is 1. The largest absolute Gasteiger partial charge is 0.377 e. The maximum atomic E-state index is 5.72. The Morgan fingerprint density at radius 3 is 2.44 bits per heavy atom. The molecule has 0 aliphatic carbocycles. The standard InChI is InChI=1S/C15H26N2O/c1-13(2)18-12-11-17(3)15(9-10-16)14-7-5-4-6-8-14/h4-8,13,15H,9-12,16H2,1-3H3. The average Bonchev–Trinajstić information content (AvgIpc) is 2.36. The molecule has 0 aliphatic rings. The highest BCUT2D eigenvalue weighted by molar-refractivity contribution is 5.18. The summed E-state index contributed by atoms with van der Waals surface area (Å²) in [5.74, 6) is 0. The van der Waals surface area contributed by atoms with Crippen LogP contribution >= 0.6 is 0 Å². The van der Waals surface area contributed by atoms with Crippen LogP contribution in [0.4, 0.5) is 0 Å². The lowest BCUT2D eigenvalue weighted by molar-refractivity contribution is 0.0550. The van der Waals surface area contributed by atoms with Gasteiger partial charge in [-0.2, -0.15) is 0 Å². The van der Waals surface area contributed by atoms with Gasteiger partial charge in [0, 0.05) is 12.6 Å². The molecule has 1 atom stereocenters. The highest BCUT2D eigenvalue weighted by Gasteiger charge is 2.15. The Balaban J connectivity index is 2.56. The summed E-state index contributed by atoms with van der Waals surface area (Å²) in [6.07, 6.45) is 1.27. The van der Waals surface area contributed by atoms with Crippen molar-refractivity contribution in [1.82, 2.24) is 4.90 Å². The Hall–Kier alpha value is -0.900. The molecule has 1 unspecified atom stereocenters. The number of rotatable bonds is 8. The monoisotopic (exact) mass is 250 g/mol. The third-order valence-electron chi connectivity index (χ3n) is 3.05. The molecule has 0 heterocycles. The van der Waals surface area contributed by atoms with Gasteiger partial charge in [0.15, 0.2) is 0 Å². The molecule has 18 heavy (non-hydrogen) atoms. The van der Waals surface area contributed by atoms with Gasteiger partial charge in [0.1, 0.15) is 0 Å². The predicted octanol–water partition coefficient (Wildman–Crippen LogP) is 2.43. The maximum absolute atomic E-state index is 5.72. The molecule has 0 saturated carbocycles. The van der Waals surface area contributed by atoms with E-state index in [1.54, 1.807) is 0 Å². The molecule has 0 aromatic heterocycles. The van der Waals surface area contributed by atoms with E-state index in [0.717, 1.165) is 19.6 Å². The molecule has 3 nitrogen and oxygen atoms in total. The molecular formula is C15H26N2O. The van der Waals surface area contributed by atoms with E-state index in [9.17, 15) is 0 Å². The first-order valence-electron chi connectivity index (χ1n) is 6.72. The summed E-state index contributed by atoms with van der Waals surface area (Å²) >= 11 is 0. The van der Waals surface area contributed by atoms with Crippen LogP contribution < -0.4 is 5.73 Å². The summed E-state index contributed by atoms with van der Waals surface area (Å²) in [5, 5.41) is 0. The quantitative estimate of drug-likeness (QED) is 0.770. The third-order valence-corrected chi connectivity index (χ3v) is 3.05. The van der Waals surface area contributed by atoms with Gasteiger partial charge in [-0.05, 0) is 39.4 Å². The highest BCUT2D eigenvalue weighted by atomic mass is 16.5. The predicted molar refractivity (Wildman–Crippen MR) is 76.6 cm³/mol. The highest BCUT2D eigenvalue weighted by Crippen LogP contribution is 2.21. The molecule has 0 fully saturated rings. The minimum atomic E-state index is 0.295. The molecule has 0 aliphatic heterocycles. The molecule has 1 aromatic carbocycles. The van der Waals surface area contributed by atoms with Gasteiger partial charge in [-0.15, -0.1) is 0 Å². The Labute approximate surface area is 111 Å². The first kappa shape index (κ1) is 15.2. The van der Waals surface area contributed by atoms with Crippen molar-refractivity contribution in [2.24, 2.45) is 5.73 Å². The van der Waals surface area contributed by atoms with E-state index in [0.29, 0.717) is 18.7 Å². The van der Waals surface area contributed by atoms with E-state index >= 15 is 0 Å². The molecule has 1 aromatic rings. The van der Waals surface area contributed by atoms with Crippen molar-refractivity contribution in [3.05, 3.63) is 35.9 Å². The molecule has 0 amide bonds. The molecule has 1 rings (SSSR count). The van der Waals surface area contributed by atoms with Gasteiger partial charge in [-0.25, -0.2) is 0 Å². The first-order chi connectivity index (χ1) is 8.65. The van der Waals surface area contributed by atoms with Gasteiger partial charge in [0.05, 0.1) is 12.7 Å². The van der Waals surface area contributed by atoms with Crippen molar-refractivity contribution in [2.45, 2.75) is 32.4 Å². The summed E-state index contributed by atoms with van der Waals surface area (Å²) in [5.41, 5.74) is 7.05. The normalized spacial score (nSPS) is 13.2. The van der Waals surface area contributed by atoms with Crippen molar-refractivity contribution in [1.29, 1.82) is 0 Å². The Kier molecular flexibility index (Phi) is 6.94. The Bertz CT molecular complexity index is 314. The minimum Gasteiger partial charge on any atom is -0.377 e. The molecule has 2 N–H and O–H groups in total. The second-order valence-electron chi connectivity index (χ2n) is 4.90. The number of nitrogens with zero attached hydrogens (tertiary/aromatic N) is 1. The van der Waals surface area contributed by atoms with Crippen LogP contribution in [0.3, 0.4) is 0 Å². The lowest BCUT2D eigenvalue weighted by atomic mass is 10.0. The number of nitrogens with two attached hydrogens (primary N) is 1. The van der Waals surface area contributed by atoms with Gasteiger partial charge >= 0.3 is 0 Å². The molecule has 3 heteroatoms. The van der Waals surface area contributed by atoms with Crippen molar-refractivity contribution >= 4 is 0 Å². The van der Waals surface area contributed by atoms with Crippen LogP contribution in [0.5, 0.6) is 0 Å². The van der Waals surface area contributed by atoms with Crippen LogP contribution in [0.2, 0.25) is 0 Å². The zero-order chi connectivity index (χ0) is 13.4. The van der Waals surface area contributed by atoms with Crippen LogP contribution in [0.25, 0.3) is 0 Å². The van der Waals surface area contributed by atoms with E-state index in [4.69, 9.17) is 10.5 Å². The third kappa shape index (κ3) is 5.17. The number of hydrogen-bond donors (Lipinski definition) is 1. The van der Waals surface area contributed by atoms with Crippen LogP contribution in [-0.4, -0.2) is 37.7 Å². The van der Waals surface area contributed by atoms with Gasteiger partial charge < -0.3 is 10.5 Å². The molecule has 0 spiro atoms. The maximum Gasteiger partial charge on any atom is 0.0597 e. The van der Waals surface area contributed by atoms with Crippen LogP contribution in [-0.2, 0) is 4.74 Å². The van der Waals surface area contributed by atoms with Crippen LogP contribution in [0.1, 0.15) is 31.9 Å². The van der Waals surface area contributed by atoms with Gasteiger partial charge in [0.2, 0.25) is 0 Å². The van der Waals surface area contributed by atoms with Gasteiger partial charge in [-0.1, -0.05) is 30.3 Å². The second kappa shape index (κ2) is 8.25. The van der Waals surface area contributed by atoms with Crippen molar-refractivity contribution in [3.63, 3.8) is 0 Å². The smallest absolute Gasteiger partial charge is 0.0597 e. The van der Waals surface area contributed by atoms with E-state index in [1.807, 2.05) is 6.07 Å². The summed E-state index contributed by atoms with van der Waals surface area (Å²) in [6.45, 7) is 6.53. The summed E-state index contributed by atoms with van der Waals surface area (Å²) in [6, 6.07) is 10.9. The summed E-state index contributed by atoms with van der Waals surface area (Å²) in [4.78, 5) is 2.32. The van der Waals surface area contributed by atoms with Crippen molar-refractivity contribution in [2.75, 3.05) is 26.7 Å². The zero-order valence-corrected chi connectivity index (χ0v) is 11.8. The molecular weight excluding hydrogens is 224 g/mol. The molecule has 0 radical (unpaired) electrons. The second-order valence-corrected chi connectivity index (χ2v) is 4.90. The van der Waals surface area contributed by atoms with Crippen LogP contribution in [0, 0.1) is 0 Å². The fraction of sp³-hybridized carbons (Fsp3) is 0.600. The van der Waals surface area contributed by atoms with Crippen molar-refractivity contribution < 1.29 is 4.74 Å². The first-order valence-corrected chi connectivity index (χ1v) is 6.72. The lowest BCUT2D eigenvalue weighted by Gasteiger charge is -2.28. The van der Waals surface area contributed by atoms with Crippen molar-refractivity contribution in [3.8, 4) is 0 Å². The molecule has 0 bridgehead atoms. The van der Waals surface area contributed by atoms with Crippen LogP contribution in [0.15, 0.2) is 30.3 Å². The fourth-order valence-electron chi connectivity index (χ4n) is 2.06.